The predicted molar refractivity (Wildman–Crippen MR) is 47.4 cm³/mol. The van der Waals surface area contributed by atoms with Crippen LogP contribution in [0.4, 0.5) is 22.0 Å². The Hall–Kier alpha value is -0.920. The molecule has 2 atom stereocenters. The van der Waals surface area contributed by atoms with Crippen LogP contribution in [-0.4, -0.2) is 47.7 Å². The van der Waals surface area contributed by atoms with Crippen LogP contribution in [-0.2, 0) is 4.79 Å². The Kier molecular flexibility index (Phi) is 4.29. The molecule has 0 aromatic heterocycles. The Balaban J connectivity index is 2.64. The number of rotatable bonds is 2. The van der Waals surface area contributed by atoms with E-state index in [0.717, 1.165) is 0 Å². The summed E-state index contributed by atoms with van der Waals surface area (Å²) in [4.78, 5) is 11.4. The summed E-state index contributed by atoms with van der Waals surface area (Å²) in [6.45, 7) is -0.603. The molecule has 100 valence electrons. The molecule has 1 amide bonds. The van der Waals surface area contributed by atoms with Gasteiger partial charge in [0.15, 0.2) is 0 Å². The van der Waals surface area contributed by atoms with Crippen molar-refractivity contribution in [1.82, 2.24) is 4.90 Å². The maximum Gasteiger partial charge on any atom is 0.471 e. The van der Waals surface area contributed by atoms with Crippen molar-refractivity contribution in [3.8, 4) is 0 Å². The molecule has 8 heteroatoms. The van der Waals surface area contributed by atoms with Gasteiger partial charge in [0, 0.05) is 19.0 Å². The van der Waals surface area contributed by atoms with Crippen LogP contribution in [0.2, 0.25) is 0 Å². The second-order valence-electron chi connectivity index (χ2n) is 3.98. The predicted octanol–water partition coefficient (Wildman–Crippen LogP) is 1.41. The van der Waals surface area contributed by atoms with Crippen LogP contribution in [0.1, 0.15) is 12.8 Å². The normalized spacial score (nSPS) is 23.9. The Morgan fingerprint density at radius 1 is 1.35 bits per heavy atom. The van der Waals surface area contributed by atoms with Crippen LogP contribution in [0, 0.1) is 5.92 Å². The summed E-state index contributed by atoms with van der Waals surface area (Å²) in [5.41, 5.74) is 0. The lowest BCUT2D eigenvalue weighted by Crippen LogP contribution is -2.49. The van der Waals surface area contributed by atoms with Crippen molar-refractivity contribution < 1.29 is 31.9 Å². The fraction of sp³-hybridized carbons (Fsp3) is 0.889. The van der Waals surface area contributed by atoms with Gasteiger partial charge in [0.2, 0.25) is 0 Å². The number of hydrogen-bond acceptors (Lipinski definition) is 2. The van der Waals surface area contributed by atoms with Crippen LogP contribution in [0.25, 0.3) is 0 Å². The molecular weight excluding hydrogens is 249 g/mol. The van der Waals surface area contributed by atoms with Crippen molar-refractivity contribution in [1.29, 1.82) is 0 Å². The number of hydrogen-bond donors (Lipinski definition) is 1. The van der Waals surface area contributed by atoms with E-state index in [4.69, 9.17) is 5.11 Å². The maximum absolute atomic E-state index is 12.2. The van der Waals surface area contributed by atoms with Gasteiger partial charge in [-0.1, -0.05) is 0 Å². The number of amides is 1. The van der Waals surface area contributed by atoms with E-state index >= 15 is 0 Å². The van der Waals surface area contributed by atoms with Crippen molar-refractivity contribution in [3.05, 3.63) is 0 Å². The number of alkyl halides is 5. The molecule has 1 fully saturated rings. The molecule has 3 nitrogen and oxygen atoms in total. The molecule has 1 rings (SSSR count). The quantitative estimate of drug-likeness (QED) is 0.763. The Morgan fingerprint density at radius 2 is 1.94 bits per heavy atom. The maximum atomic E-state index is 12.2. The third kappa shape index (κ3) is 3.52. The molecule has 1 saturated heterocycles. The zero-order valence-electron chi connectivity index (χ0n) is 8.75. The molecule has 1 aliphatic heterocycles. The van der Waals surface area contributed by atoms with Crippen molar-refractivity contribution in [2.24, 2.45) is 5.92 Å². The van der Waals surface area contributed by atoms with Gasteiger partial charge < -0.3 is 10.0 Å². The number of likely N-dealkylation sites (tertiary alicyclic amines) is 1. The zero-order chi connectivity index (χ0) is 13.2. The molecule has 0 spiro atoms. The minimum Gasteiger partial charge on any atom is -0.387 e. The Morgan fingerprint density at radius 3 is 2.41 bits per heavy atom. The van der Waals surface area contributed by atoms with E-state index in [1.165, 1.54) is 0 Å². The van der Waals surface area contributed by atoms with Gasteiger partial charge in [0.05, 0.1) is 0 Å². The van der Waals surface area contributed by atoms with Crippen molar-refractivity contribution in [3.63, 3.8) is 0 Å². The van der Waals surface area contributed by atoms with Crippen LogP contribution < -0.4 is 0 Å². The Labute approximate surface area is 94.2 Å². The summed E-state index contributed by atoms with van der Waals surface area (Å²) < 4.78 is 60.8. The second kappa shape index (κ2) is 5.16. The van der Waals surface area contributed by atoms with Crippen molar-refractivity contribution in [2.75, 3.05) is 13.1 Å². The number of nitrogens with zero attached hydrogens (tertiary/aromatic N) is 1. The largest absolute Gasteiger partial charge is 0.471 e. The first-order valence-corrected chi connectivity index (χ1v) is 5.05. The van der Waals surface area contributed by atoms with E-state index < -0.39 is 37.1 Å². The fourth-order valence-corrected chi connectivity index (χ4v) is 1.86. The summed E-state index contributed by atoms with van der Waals surface area (Å²) in [5.74, 6) is -3.04. The van der Waals surface area contributed by atoms with Gasteiger partial charge >= 0.3 is 12.1 Å². The molecule has 1 aliphatic rings. The van der Waals surface area contributed by atoms with Gasteiger partial charge in [0.25, 0.3) is 6.43 Å². The van der Waals surface area contributed by atoms with Gasteiger partial charge in [-0.2, -0.15) is 13.2 Å². The van der Waals surface area contributed by atoms with E-state index in [9.17, 15) is 26.7 Å². The number of carbonyl (C=O) groups is 1. The smallest absolute Gasteiger partial charge is 0.387 e. The molecule has 2 unspecified atom stereocenters. The van der Waals surface area contributed by atoms with Crippen LogP contribution in [0.3, 0.4) is 0 Å². The first-order valence-electron chi connectivity index (χ1n) is 5.05. The molecule has 0 aromatic rings. The lowest BCUT2D eigenvalue weighted by Gasteiger charge is -2.35. The van der Waals surface area contributed by atoms with Gasteiger partial charge in [-0.05, 0) is 12.8 Å². The highest BCUT2D eigenvalue weighted by Gasteiger charge is 2.44. The summed E-state index contributed by atoms with van der Waals surface area (Å²) in [6.07, 6.45) is -9.64. The highest BCUT2D eigenvalue weighted by molar-refractivity contribution is 5.81. The number of aliphatic hydroxyl groups excluding tert-OH is 1. The van der Waals surface area contributed by atoms with Gasteiger partial charge in [-0.25, -0.2) is 8.78 Å². The third-order valence-electron chi connectivity index (χ3n) is 2.73. The minimum atomic E-state index is -5.00. The standard InChI is InChI=1S/C9H12F5NO2/c10-7(11)6(16)5-2-1-3-15(4-5)8(17)9(12,13)14/h5-7,16H,1-4H2. The van der Waals surface area contributed by atoms with E-state index in [-0.39, 0.29) is 19.4 Å². The third-order valence-corrected chi connectivity index (χ3v) is 2.73. The van der Waals surface area contributed by atoms with E-state index in [1.807, 2.05) is 0 Å². The van der Waals surface area contributed by atoms with Crippen molar-refractivity contribution in [2.45, 2.75) is 31.5 Å². The molecule has 0 saturated carbocycles. The van der Waals surface area contributed by atoms with E-state index in [1.54, 1.807) is 0 Å². The lowest BCUT2D eigenvalue weighted by molar-refractivity contribution is -0.188. The first kappa shape index (κ1) is 14.1. The monoisotopic (exact) mass is 261 g/mol. The SMILES string of the molecule is O=C(N1CCCC(C(O)C(F)F)C1)C(F)(F)F. The number of aliphatic hydroxyl groups is 1. The fourth-order valence-electron chi connectivity index (χ4n) is 1.86. The molecule has 0 aliphatic carbocycles. The molecule has 17 heavy (non-hydrogen) atoms. The van der Waals surface area contributed by atoms with E-state index in [2.05, 4.69) is 0 Å². The second-order valence-corrected chi connectivity index (χ2v) is 3.98. The highest BCUT2D eigenvalue weighted by Crippen LogP contribution is 2.27. The molecule has 0 aromatic carbocycles. The van der Waals surface area contributed by atoms with E-state index in [0.29, 0.717) is 4.90 Å². The Bertz CT molecular complexity index is 281. The average molecular weight is 261 g/mol. The first-order chi connectivity index (χ1) is 7.73. The van der Waals surface area contributed by atoms with Gasteiger partial charge in [0.1, 0.15) is 6.10 Å². The molecule has 1 N–H and O–H groups in total. The summed E-state index contributed by atoms with van der Waals surface area (Å²) in [5, 5.41) is 9.08. The molecular formula is C9H12F5NO2. The van der Waals surface area contributed by atoms with Crippen LogP contribution in [0.15, 0.2) is 0 Å². The topological polar surface area (TPSA) is 40.5 Å². The summed E-state index contributed by atoms with van der Waals surface area (Å²) in [6, 6.07) is 0. The average Bonchev–Trinajstić information content (AvgIpc) is 2.25. The van der Waals surface area contributed by atoms with Crippen LogP contribution in [0.5, 0.6) is 0 Å². The van der Waals surface area contributed by atoms with Crippen LogP contribution >= 0.6 is 0 Å². The molecule has 1 heterocycles. The summed E-state index contributed by atoms with van der Waals surface area (Å²) >= 11 is 0. The number of carbonyl (C=O) groups excluding carboxylic acids is 1. The van der Waals surface area contributed by atoms with Gasteiger partial charge in [-0.3, -0.25) is 4.79 Å². The highest BCUT2D eigenvalue weighted by atomic mass is 19.4. The lowest BCUT2D eigenvalue weighted by atomic mass is 9.92. The molecule has 0 bridgehead atoms. The number of halogens is 5. The zero-order valence-corrected chi connectivity index (χ0v) is 8.75. The minimum absolute atomic E-state index is 0.120. The summed E-state index contributed by atoms with van der Waals surface area (Å²) in [7, 11) is 0. The number of piperidine rings is 1. The van der Waals surface area contributed by atoms with Gasteiger partial charge in [-0.15, -0.1) is 0 Å². The van der Waals surface area contributed by atoms with Crippen molar-refractivity contribution >= 4 is 5.91 Å². The molecule has 0 radical (unpaired) electrons.